The summed E-state index contributed by atoms with van der Waals surface area (Å²) >= 11 is 6.47. The van der Waals surface area contributed by atoms with Gasteiger partial charge in [-0.15, -0.1) is 0 Å². The number of ketones is 1. The Hall–Kier alpha value is -3.49. The standard InChI is InChI=1S/C22H19ClN2O6/c1-29-19-11-18(31-25-19)21(27)20-15-9-14(16(23)10-17(15)24-22(20)28)12-3-5-13(6-4-12)30-8-2-7-26/h3-6,9-11,24,26,28H,2,7-8H2,1H3. The number of hydrogen-bond acceptors (Lipinski definition) is 7. The second-order valence-corrected chi connectivity index (χ2v) is 7.15. The van der Waals surface area contributed by atoms with Crippen LogP contribution in [0.5, 0.6) is 17.5 Å². The quantitative estimate of drug-likeness (QED) is 0.276. The number of aromatic hydroxyl groups is 1. The van der Waals surface area contributed by atoms with Gasteiger partial charge in [0.25, 0.3) is 5.88 Å². The third kappa shape index (κ3) is 4.08. The first-order valence-corrected chi connectivity index (χ1v) is 9.83. The van der Waals surface area contributed by atoms with Crippen LogP contribution in [-0.4, -0.2) is 46.5 Å². The summed E-state index contributed by atoms with van der Waals surface area (Å²) in [6, 6.07) is 12.0. The van der Waals surface area contributed by atoms with Gasteiger partial charge in [-0.2, -0.15) is 0 Å². The molecule has 0 radical (unpaired) electrons. The predicted molar refractivity (Wildman–Crippen MR) is 114 cm³/mol. The van der Waals surface area contributed by atoms with E-state index in [2.05, 4.69) is 10.1 Å². The average molecular weight is 443 g/mol. The van der Waals surface area contributed by atoms with Gasteiger partial charge in [0, 0.05) is 24.0 Å². The lowest BCUT2D eigenvalue weighted by Gasteiger charge is -2.09. The molecule has 0 amide bonds. The van der Waals surface area contributed by atoms with Gasteiger partial charge in [-0.05, 0) is 35.0 Å². The number of nitrogens with zero attached hydrogens (tertiary/aromatic N) is 1. The first-order valence-electron chi connectivity index (χ1n) is 9.45. The maximum absolute atomic E-state index is 12.9. The summed E-state index contributed by atoms with van der Waals surface area (Å²) < 4.78 is 15.5. The van der Waals surface area contributed by atoms with E-state index in [4.69, 9.17) is 30.7 Å². The van der Waals surface area contributed by atoms with Gasteiger partial charge >= 0.3 is 0 Å². The van der Waals surface area contributed by atoms with Gasteiger partial charge in [-0.3, -0.25) is 4.79 Å². The summed E-state index contributed by atoms with van der Waals surface area (Å²) in [5.41, 5.74) is 2.04. The molecule has 0 saturated carbocycles. The van der Waals surface area contributed by atoms with Crippen molar-refractivity contribution in [2.75, 3.05) is 20.3 Å². The summed E-state index contributed by atoms with van der Waals surface area (Å²) in [4.78, 5) is 15.7. The molecule has 2 heterocycles. The molecule has 4 rings (SSSR count). The molecule has 8 nitrogen and oxygen atoms in total. The third-order valence-electron chi connectivity index (χ3n) is 4.75. The Morgan fingerprint density at radius 1 is 1.23 bits per heavy atom. The van der Waals surface area contributed by atoms with Gasteiger partial charge in [0.2, 0.25) is 17.4 Å². The number of halogens is 1. The Morgan fingerprint density at radius 2 is 2.00 bits per heavy atom. The van der Waals surface area contributed by atoms with Gasteiger partial charge in [0.05, 0.1) is 35.9 Å². The van der Waals surface area contributed by atoms with Crippen LogP contribution in [0.15, 0.2) is 47.0 Å². The molecule has 0 unspecified atom stereocenters. The van der Waals surface area contributed by atoms with Gasteiger partial charge in [-0.25, -0.2) is 0 Å². The molecule has 9 heteroatoms. The Balaban J connectivity index is 1.72. The van der Waals surface area contributed by atoms with Gasteiger partial charge in [0.15, 0.2) is 0 Å². The smallest absolute Gasteiger partial charge is 0.254 e. The van der Waals surface area contributed by atoms with E-state index in [0.717, 1.165) is 5.56 Å². The van der Waals surface area contributed by atoms with E-state index < -0.39 is 5.78 Å². The Morgan fingerprint density at radius 3 is 2.68 bits per heavy atom. The van der Waals surface area contributed by atoms with E-state index in [0.29, 0.717) is 40.3 Å². The maximum atomic E-state index is 12.9. The highest BCUT2D eigenvalue weighted by Crippen LogP contribution is 2.37. The van der Waals surface area contributed by atoms with Crippen LogP contribution in [0.25, 0.3) is 22.0 Å². The summed E-state index contributed by atoms with van der Waals surface area (Å²) in [6.45, 7) is 0.488. The predicted octanol–water partition coefficient (Wildman–Crippen LogP) is 4.18. The molecule has 0 aliphatic heterocycles. The number of aliphatic hydroxyl groups is 1. The largest absolute Gasteiger partial charge is 0.494 e. The zero-order chi connectivity index (χ0) is 22.0. The molecule has 0 aliphatic carbocycles. The normalized spacial score (nSPS) is 11.1. The van der Waals surface area contributed by atoms with Crippen molar-refractivity contribution in [1.29, 1.82) is 0 Å². The lowest BCUT2D eigenvalue weighted by Crippen LogP contribution is -1.99. The number of carbonyl (C=O) groups is 1. The Labute approximate surface area is 182 Å². The van der Waals surface area contributed by atoms with Gasteiger partial charge in [-0.1, -0.05) is 23.7 Å². The fourth-order valence-electron chi connectivity index (χ4n) is 3.22. The first-order chi connectivity index (χ1) is 15.0. The fourth-order valence-corrected chi connectivity index (χ4v) is 3.50. The summed E-state index contributed by atoms with van der Waals surface area (Å²) in [5.74, 6) is -0.0675. The maximum Gasteiger partial charge on any atom is 0.254 e. The highest BCUT2D eigenvalue weighted by atomic mass is 35.5. The number of H-pyrrole nitrogens is 1. The van der Waals surface area contributed by atoms with E-state index in [-0.39, 0.29) is 29.7 Å². The lowest BCUT2D eigenvalue weighted by molar-refractivity contribution is 0.0999. The molecular formula is C22H19ClN2O6. The number of aliphatic hydroxyl groups excluding tert-OH is 1. The Bertz CT molecular complexity index is 1230. The van der Waals surface area contributed by atoms with Crippen LogP contribution in [0.1, 0.15) is 22.5 Å². The van der Waals surface area contributed by atoms with Gasteiger partial charge in [0.1, 0.15) is 5.75 Å². The van der Waals surface area contributed by atoms with Crippen LogP contribution in [0.2, 0.25) is 5.02 Å². The highest BCUT2D eigenvalue weighted by molar-refractivity contribution is 6.34. The molecular weight excluding hydrogens is 424 g/mol. The lowest BCUT2D eigenvalue weighted by atomic mass is 10.0. The third-order valence-corrected chi connectivity index (χ3v) is 5.06. The molecule has 0 atom stereocenters. The second kappa shape index (κ2) is 8.71. The zero-order valence-electron chi connectivity index (χ0n) is 16.5. The van der Waals surface area contributed by atoms with E-state index in [1.807, 2.05) is 12.1 Å². The molecule has 3 N–H and O–H groups in total. The molecule has 0 fully saturated rings. The SMILES string of the molecule is COc1cc(C(=O)c2c(O)[nH]c3cc(Cl)c(-c4ccc(OCCCO)cc4)cc23)on1. The molecule has 0 bridgehead atoms. The van der Waals surface area contributed by atoms with Crippen LogP contribution in [0.4, 0.5) is 0 Å². The molecule has 2 aromatic heterocycles. The van der Waals surface area contributed by atoms with Crippen molar-refractivity contribution < 1.29 is 29.0 Å². The zero-order valence-corrected chi connectivity index (χ0v) is 17.3. The number of rotatable bonds is 8. The number of benzene rings is 2. The van der Waals surface area contributed by atoms with Crippen LogP contribution in [0.3, 0.4) is 0 Å². The number of carbonyl (C=O) groups excluding carboxylic acids is 1. The number of aromatic amines is 1. The summed E-state index contributed by atoms with van der Waals surface area (Å²) in [6.07, 6.45) is 0.551. The van der Waals surface area contributed by atoms with Crippen LogP contribution >= 0.6 is 11.6 Å². The van der Waals surface area contributed by atoms with Crippen LogP contribution in [0, 0.1) is 0 Å². The molecule has 31 heavy (non-hydrogen) atoms. The number of nitrogens with one attached hydrogen (secondary N) is 1. The topological polar surface area (TPSA) is 118 Å². The van der Waals surface area contributed by atoms with Gasteiger partial charge < -0.3 is 29.2 Å². The summed E-state index contributed by atoms with van der Waals surface area (Å²) in [5, 5.41) is 23.8. The van der Waals surface area contributed by atoms with E-state index >= 15 is 0 Å². The minimum Gasteiger partial charge on any atom is -0.494 e. The average Bonchev–Trinajstić information content (AvgIpc) is 3.37. The number of methoxy groups -OCH3 is 1. The number of ether oxygens (including phenoxy) is 2. The molecule has 0 saturated heterocycles. The second-order valence-electron chi connectivity index (χ2n) is 6.74. The number of hydrogen-bond donors (Lipinski definition) is 3. The highest BCUT2D eigenvalue weighted by Gasteiger charge is 2.25. The molecule has 4 aromatic rings. The van der Waals surface area contributed by atoms with Crippen molar-refractivity contribution >= 4 is 28.3 Å². The van der Waals surface area contributed by atoms with Crippen molar-refractivity contribution in [3.05, 3.63) is 58.8 Å². The van der Waals surface area contributed by atoms with Crippen LogP contribution in [-0.2, 0) is 0 Å². The van der Waals surface area contributed by atoms with Crippen molar-refractivity contribution in [3.63, 3.8) is 0 Å². The fraction of sp³-hybridized carbons (Fsp3) is 0.182. The first kappa shape index (κ1) is 20.8. The van der Waals surface area contributed by atoms with Crippen molar-refractivity contribution in [1.82, 2.24) is 10.1 Å². The molecule has 0 aliphatic rings. The van der Waals surface area contributed by atoms with Crippen molar-refractivity contribution in [3.8, 4) is 28.6 Å². The molecule has 0 spiro atoms. The summed E-state index contributed by atoms with van der Waals surface area (Å²) in [7, 11) is 1.41. The van der Waals surface area contributed by atoms with E-state index in [1.54, 1.807) is 24.3 Å². The number of fused-ring (bicyclic) bond motifs is 1. The Kier molecular flexibility index (Phi) is 5.83. The van der Waals surface area contributed by atoms with Crippen LogP contribution < -0.4 is 9.47 Å². The van der Waals surface area contributed by atoms with Crippen molar-refractivity contribution in [2.45, 2.75) is 6.42 Å². The van der Waals surface area contributed by atoms with Crippen molar-refractivity contribution in [2.24, 2.45) is 0 Å². The van der Waals surface area contributed by atoms with E-state index in [1.165, 1.54) is 13.2 Å². The minimum atomic E-state index is -0.541. The van der Waals surface area contributed by atoms with E-state index in [9.17, 15) is 9.90 Å². The number of aromatic nitrogens is 2. The molecule has 160 valence electrons. The monoisotopic (exact) mass is 442 g/mol. The molecule has 2 aromatic carbocycles. The minimum absolute atomic E-state index is 0.0516.